The standard InChI is InChI=1S/C16H18FN3O2/c1-10(15-7-6-12(21)9-19-15)20-16(22)14(18)8-11-4-2-3-5-13(11)17/h2-7,9-10,14,21H,8,18H2,1H3,(H,20,22)/t10-,14?/m1/s1. The Morgan fingerprint density at radius 3 is 2.73 bits per heavy atom. The van der Waals surface area contributed by atoms with Crippen molar-refractivity contribution in [3.8, 4) is 5.75 Å². The largest absolute Gasteiger partial charge is 0.506 e. The Hall–Kier alpha value is -2.47. The lowest BCUT2D eigenvalue weighted by atomic mass is 10.0. The minimum Gasteiger partial charge on any atom is -0.506 e. The summed E-state index contributed by atoms with van der Waals surface area (Å²) in [6.07, 6.45) is 1.42. The van der Waals surface area contributed by atoms with Crippen molar-refractivity contribution in [3.63, 3.8) is 0 Å². The highest BCUT2D eigenvalue weighted by molar-refractivity contribution is 5.82. The zero-order chi connectivity index (χ0) is 16.1. The van der Waals surface area contributed by atoms with Gasteiger partial charge >= 0.3 is 0 Å². The number of nitrogens with zero attached hydrogens (tertiary/aromatic N) is 1. The second-order valence-electron chi connectivity index (χ2n) is 5.07. The Balaban J connectivity index is 1.96. The number of hydrogen-bond acceptors (Lipinski definition) is 4. The molecule has 0 fully saturated rings. The maximum Gasteiger partial charge on any atom is 0.237 e. The van der Waals surface area contributed by atoms with Gasteiger partial charge in [-0.15, -0.1) is 0 Å². The van der Waals surface area contributed by atoms with E-state index in [1.54, 1.807) is 31.2 Å². The van der Waals surface area contributed by atoms with Gasteiger partial charge in [0.2, 0.25) is 5.91 Å². The molecule has 0 bridgehead atoms. The van der Waals surface area contributed by atoms with E-state index in [2.05, 4.69) is 10.3 Å². The van der Waals surface area contributed by atoms with Crippen LogP contribution in [-0.2, 0) is 11.2 Å². The van der Waals surface area contributed by atoms with Crippen molar-refractivity contribution < 1.29 is 14.3 Å². The highest BCUT2D eigenvalue weighted by atomic mass is 19.1. The summed E-state index contributed by atoms with van der Waals surface area (Å²) in [7, 11) is 0. The lowest BCUT2D eigenvalue weighted by molar-refractivity contribution is -0.123. The van der Waals surface area contributed by atoms with E-state index in [0.717, 1.165) is 0 Å². The van der Waals surface area contributed by atoms with Crippen molar-refractivity contribution in [3.05, 3.63) is 59.7 Å². The molecule has 0 saturated heterocycles. The smallest absolute Gasteiger partial charge is 0.237 e. The zero-order valence-corrected chi connectivity index (χ0v) is 12.2. The number of benzene rings is 1. The molecule has 0 aliphatic rings. The topological polar surface area (TPSA) is 88.2 Å². The van der Waals surface area contributed by atoms with Crippen molar-refractivity contribution in [2.45, 2.75) is 25.4 Å². The average molecular weight is 303 g/mol. The molecular formula is C16H18FN3O2. The number of aromatic nitrogens is 1. The number of aromatic hydroxyl groups is 1. The van der Waals surface area contributed by atoms with Gasteiger partial charge < -0.3 is 16.2 Å². The molecule has 0 radical (unpaired) electrons. The summed E-state index contributed by atoms with van der Waals surface area (Å²) in [6.45, 7) is 1.76. The first-order chi connectivity index (χ1) is 10.5. The summed E-state index contributed by atoms with van der Waals surface area (Å²) in [5.74, 6) is -0.705. The highest BCUT2D eigenvalue weighted by Gasteiger charge is 2.18. The number of carbonyl (C=O) groups is 1. The van der Waals surface area contributed by atoms with Crippen LogP contribution in [0.15, 0.2) is 42.6 Å². The maximum atomic E-state index is 13.6. The Labute approximate surface area is 128 Å². The van der Waals surface area contributed by atoms with E-state index < -0.39 is 6.04 Å². The molecule has 1 amide bonds. The SMILES string of the molecule is C[C@@H](NC(=O)C(N)Cc1ccccc1F)c1ccc(O)cn1. The highest BCUT2D eigenvalue weighted by Crippen LogP contribution is 2.14. The summed E-state index contributed by atoms with van der Waals surface area (Å²) in [4.78, 5) is 16.1. The van der Waals surface area contributed by atoms with E-state index in [0.29, 0.717) is 11.3 Å². The number of nitrogens with one attached hydrogen (secondary N) is 1. The number of rotatable bonds is 5. The van der Waals surface area contributed by atoms with Crippen molar-refractivity contribution in [1.82, 2.24) is 10.3 Å². The van der Waals surface area contributed by atoms with Gasteiger partial charge in [-0.2, -0.15) is 0 Å². The number of carbonyl (C=O) groups excluding carboxylic acids is 1. The van der Waals surface area contributed by atoms with Crippen LogP contribution in [0.25, 0.3) is 0 Å². The fraction of sp³-hybridized carbons (Fsp3) is 0.250. The van der Waals surface area contributed by atoms with Gasteiger partial charge in [-0.05, 0) is 37.1 Å². The minimum atomic E-state index is -0.850. The van der Waals surface area contributed by atoms with Gasteiger partial charge in [0.05, 0.1) is 24.0 Å². The molecule has 2 atom stereocenters. The first-order valence-corrected chi connectivity index (χ1v) is 6.91. The quantitative estimate of drug-likeness (QED) is 0.784. The molecule has 1 unspecified atom stereocenters. The molecule has 0 aliphatic heterocycles. The predicted octanol–water partition coefficient (Wildman–Crippen LogP) is 1.67. The Morgan fingerprint density at radius 1 is 1.36 bits per heavy atom. The number of nitrogens with two attached hydrogens (primary N) is 1. The van der Waals surface area contributed by atoms with Crippen LogP contribution in [0.1, 0.15) is 24.2 Å². The third kappa shape index (κ3) is 4.02. The number of halogens is 1. The van der Waals surface area contributed by atoms with Crippen LogP contribution in [-0.4, -0.2) is 22.0 Å². The summed E-state index contributed by atoms with van der Waals surface area (Å²) in [5, 5.41) is 11.9. The van der Waals surface area contributed by atoms with Crippen LogP contribution in [0.2, 0.25) is 0 Å². The second kappa shape index (κ2) is 7.00. The monoisotopic (exact) mass is 303 g/mol. The van der Waals surface area contributed by atoms with Gasteiger partial charge in [-0.25, -0.2) is 4.39 Å². The molecule has 0 spiro atoms. The van der Waals surface area contributed by atoms with E-state index in [4.69, 9.17) is 5.73 Å². The Bertz CT molecular complexity index is 646. The average Bonchev–Trinajstić information content (AvgIpc) is 2.50. The van der Waals surface area contributed by atoms with E-state index in [-0.39, 0.29) is 29.9 Å². The molecule has 2 aromatic rings. The van der Waals surface area contributed by atoms with Crippen LogP contribution in [0, 0.1) is 5.82 Å². The molecule has 116 valence electrons. The molecule has 6 heteroatoms. The second-order valence-corrected chi connectivity index (χ2v) is 5.07. The van der Waals surface area contributed by atoms with Gasteiger partial charge in [0.25, 0.3) is 0 Å². The van der Waals surface area contributed by atoms with Crippen LogP contribution in [0.3, 0.4) is 0 Å². The molecule has 1 aromatic carbocycles. The molecule has 1 heterocycles. The number of pyridine rings is 1. The van der Waals surface area contributed by atoms with Gasteiger partial charge in [0, 0.05) is 0 Å². The molecule has 0 saturated carbocycles. The maximum absolute atomic E-state index is 13.6. The normalized spacial score (nSPS) is 13.4. The summed E-state index contributed by atoms with van der Waals surface area (Å²) in [6, 6.07) is 8.12. The Kier molecular flexibility index (Phi) is 5.06. The molecule has 5 nitrogen and oxygen atoms in total. The van der Waals surface area contributed by atoms with Crippen molar-refractivity contribution in [2.24, 2.45) is 5.73 Å². The van der Waals surface area contributed by atoms with Crippen LogP contribution >= 0.6 is 0 Å². The van der Waals surface area contributed by atoms with Crippen LogP contribution in [0.5, 0.6) is 5.75 Å². The summed E-state index contributed by atoms with van der Waals surface area (Å²) < 4.78 is 13.6. The van der Waals surface area contributed by atoms with Gasteiger partial charge in [0.1, 0.15) is 11.6 Å². The lowest BCUT2D eigenvalue weighted by Gasteiger charge is -2.17. The predicted molar refractivity (Wildman–Crippen MR) is 80.5 cm³/mol. The zero-order valence-electron chi connectivity index (χ0n) is 12.2. The van der Waals surface area contributed by atoms with Crippen LogP contribution < -0.4 is 11.1 Å². The van der Waals surface area contributed by atoms with E-state index in [1.165, 1.54) is 18.3 Å². The van der Waals surface area contributed by atoms with Crippen molar-refractivity contribution in [1.29, 1.82) is 0 Å². The fourth-order valence-electron chi connectivity index (χ4n) is 2.04. The van der Waals surface area contributed by atoms with E-state index in [1.807, 2.05) is 0 Å². The molecule has 2 rings (SSSR count). The number of hydrogen-bond donors (Lipinski definition) is 3. The first kappa shape index (κ1) is 15.9. The molecule has 0 aliphatic carbocycles. The minimum absolute atomic E-state index is 0.0542. The lowest BCUT2D eigenvalue weighted by Crippen LogP contribution is -2.43. The molecule has 4 N–H and O–H groups in total. The van der Waals surface area contributed by atoms with E-state index >= 15 is 0 Å². The van der Waals surface area contributed by atoms with Crippen molar-refractivity contribution >= 4 is 5.91 Å². The van der Waals surface area contributed by atoms with Crippen molar-refractivity contribution in [2.75, 3.05) is 0 Å². The number of amides is 1. The summed E-state index contributed by atoms with van der Waals surface area (Å²) >= 11 is 0. The third-order valence-electron chi connectivity index (χ3n) is 3.31. The molecule has 22 heavy (non-hydrogen) atoms. The first-order valence-electron chi connectivity index (χ1n) is 6.91. The third-order valence-corrected chi connectivity index (χ3v) is 3.31. The molecule has 1 aromatic heterocycles. The Morgan fingerprint density at radius 2 is 2.09 bits per heavy atom. The van der Waals surface area contributed by atoms with Gasteiger partial charge in [0.15, 0.2) is 0 Å². The van der Waals surface area contributed by atoms with Gasteiger partial charge in [-0.3, -0.25) is 9.78 Å². The van der Waals surface area contributed by atoms with E-state index in [9.17, 15) is 14.3 Å². The molecular weight excluding hydrogens is 285 g/mol. The fourth-order valence-corrected chi connectivity index (χ4v) is 2.04. The summed E-state index contributed by atoms with van der Waals surface area (Å²) in [5.41, 5.74) is 6.83. The van der Waals surface area contributed by atoms with Crippen LogP contribution in [0.4, 0.5) is 4.39 Å². The van der Waals surface area contributed by atoms with Gasteiger partial charge in [-0.1, -0.05) is 18.2 Å².